The van der Waals surface area contributed by atoms with Crippen molar-refractivity contribution < 1.29 is 14.6 Å². The molecule has 2 N–H and O–H groups in total. The van der Waals surface area contributed by atoms with Crippen molar-refractivity contribution in [1.29, 1.82) is 0 Å². The van der Waals surface area contributed by atoms with E-state index in [9.17, 15) is 4.79 Å². The second-order valence-corrected chi connectivity index (χ2v) is 7.32. The lowest BCUT2D eigenvalue weighted by Gasteiger charge is -2.42. The van der Waals surface area contributed by atoms with Gasteiger partial charge in [0, 0.05) is 37.3 Å². The molecule has 0 amide bonds. The lowest BCUT2D eigenvalue weighted by Crippen LogP contribution is -2.52. The lowest BCUT2D eigenvalue weighted by molar-refractivity contribution is -0.139. The first kappa shape index (κ1) is 16.6. The van der Waals surface area contributed by atoms with Crippen LogP contribution in [0.2, 0.25) is 0 Å². The number of nitrogens with one attached hydrogen (secondary N) is 1. The predicted octanol–water partition coefficient (Wildman–Crippen LogP) is 1.98. The number of anilines is 1. The van der Waals surface area contributed by atoms with Crippen LogP contribution in [0.15, 0.2) is 0 Å². The molecule has 1 heterocycles. The SMILES string of the molecule is COC(C)c1nsc(NC2CC(N(CC(=O)O)CC3CC3)C2)n1. The minimum atomic E-state index is -0.732. The second-order valence-electron chi connectivity index (χ2n) is 6.57. The van der Waals surface area contributed by atoms with Crippen molar-refractivity contribution in [2.24, 2.45) is 5.92 Å². The molecule has 1 aromatic rings. The molecule has 2 aliphatic rings. The zero-order chi connectivity index (χ0) is 16.4. The molecule has 7 nitrogen and oxygen atoms in total. The topological polar surface area (TPSA) is 87.6 Å². The maximum absolute atomic E-state index is 11.0. The molecule has 2 fully saturated rings. The van der Waals surface area contributed by atoms with Crippen molar-refractivity contribution in [3.8, 4) is 0 Å². The smallest absolute Gasteiger partial charge is 0.317 e. The van der Waals surface area contributed by atoms with Gasteiger partial charge in [-0.25, -0.2) is 4.98 Å². The minimum absolute atomic E-state index is 0.0967. The number of carboxylic acid groups (broad SMARTS) is 1. The molecule has 1 atom stereocenters. The summed E-state index contributed by atoms with van der Waals surface area (Å²) >= 11 is 1.35. The Morgan fingerprint density at radius 2 is 2.26 bits per heavy atom. The number of aromatic nitrogens is 2. The van der Waals surface area contributed by atoms with Crippen LogP contribution >= 0.6 is 11.5 Å². The van der Waals surface area contributed by atoms with Gasteiger partial charge < -0.3 is 15.2 Å². The summed E-state index contributed by atoms with van der Waals surface area (Å²) in [5.41, 5.74) is 0. The molecule has 0 bridgehead atoms. The monoisotopic (exact) mass is 340 g/mol. The number of carboxylic acids is 1. The van der Waals surface area contributed by atoms with E-state index < -0.39 is 5.97 Å². The van der Waals surface area contributed by atoms with E-state index in [-0.39, 0.29) is 12.6 Å². The minimum Gasteiger partial charge on any atom is -0.480 e. The fraction of sp³-hybridized carbons (Fsp3) is 0.800. The zero-order valence-corrected chi connectivity index (χ0v) is 14.4. The van der Waals surface area contributed by atoms with E-state index in [1.165, 1.54) is 24.4 Å². The van der Waals surface area contributed by atoms with Gasteiger partial charge in [0.25, 0.3) is 0 Å². The molecule has 2 saturated carbocycles. The van der Waals surface area contributed by atoms with Gasteiger partial charge in [-0.15, -0.1) is 0 Å². The van der Waals surface area contributed by atoms with Crippen LogP contribution in [-0.2, 0) is 9.53 Å². The van der Waals surface area contributed by atoms with Gasteiger partial charge in [0.2, 0.25) is 5.13 Å². The van der Waals surface area contributed by atoms with E-state index in [1.54, 1.807) is 7.11 Å². The third kappa shape index (κ3) is 4.39. The highest BCUT2D eigenvalue weighted by Crippen LogP contribution is 2.35. The Labute approximate surface area is 140 Å². The lowest BCUT2D eigenvalue weighted by atomic mass is 9.85. The van der Waals surface area contributed by atoms with Crippen LogP contribution in [0.5, 0.6) is 0 Å². The maximum atomic E-state index is 11.0. The Morgan fingerprint density at radius 1 is 1.52 bits per heavy atom. The Hall–Kier alpha value is -1.25. The summed E-state index contributed by atoms with van der Waals surface area (Å²) in [5.74, 6) is 0.684. The average Bonchev–Trinajstić information content (AvgIpc) is 3.15. The molecular weight excluding hydrogens is 316 g/mol. The van der Waals surface area contributed by atoms with E-state index in [0.717, 1.165) is 24.5 Å². The summed E-state index contributed by atoms with van der Waals surface area (Å²) in [7, 11) is 1.65. The molecule has 1 unspecified atom stereocenters. The van der Waals surface area contributed by atoms with Crippen LogP contribution in [-0.4, -0.2) is 57.6 Å². The van der Waals surface area contributed by atoms with Crippen LogP contribution in [0, 0.1) is 5.92 Å². The highest BCUT2D eigenvalue weighted by Gasteiger charge is 2.37. The van der Waals surface area contributed by atoms with E-state index in [4.69, 9.17) is 9.84 Å². The van der Waals surface area contributed by atoms with Gasteiger partial charge in [-0.3, -0.25) is 9.69 Å². The van der Waals surface area contributed by atoms with Crippen LogP contribution in [0.25, 0.3) is 0 Å². The van der Waals surface area contributed by atoms with Crippen LogP contribution in [0.1, 0.15) is 44.5 Å². The summed E-state index contributed by atoms with van der Waals surface area (Å²) < 4.78 is 9.51. The first-order valence-corrected chi connectivity index (χ1v) is 8.91. The van der Waals surface area contributed by atoms with E-state index in [2.05, 4.69) is 19.6 Å². The fourth-order valence-corrected chi connectivity index (χ4v) is 3.61. The van der Waals surface area contributed by atoms with Gasteiger partial charge in [-0.2, -0.15) is 4.37 Å². The van der Waals surface area contributed by atoms with Crippen molar-refractivity contribution in [3.63, 3.8) is 0 Å². The number of hydrogen-bond donors (Lipinski definition) is 2. The molecule has 128 valence electrons. The van der Waals surface area contributed by atoms with Crippen molar-refractivity contribution in [2.75, 3.05) is 25.5 Å². The molecule has 0 spiro atoms. The number of aliphatic carboxylic acids is 1. The van der Waals surface area contributed by atoms with E-state index >= 15 is 0 Å². The number of methoxy groups -OCH3 is 1. The maximum Gasteiger partial charge on any atom is 0.317 e. The molecule has 0 aliphatic heterocycles. The number of carbonyl (C=O) groups is 1. The highest BCUT2D eigenvalue weighted by molar-refractivity contribution is 7.09. The van der Waals surface area contributed by atoms with E-state index in [0.29, 0.717) is 23.8 Å². The molecule has 0 aromatic carbocycles. The zero-order valence-electron chi connectivity index (χ0n) is 13.6. The Kier molecular flexibility index (Phi) is 5.13. The van der Waals surface area contributed by atoms with Gasteiger partial charge in [0.1, 0.15) is 6.10 Å². The first-order valence-electron chi connectivity index (χ1n) is 8.14. The van der Waals surface area contributed by atoms with Gasteiger partial charge in [0.15, 0.2) is 5.82 Å². The second kappa shape index (κ2) is 7.11. The quantitative estimate of drug-likeness (QED) is 0.711. The van der Waals surface area contributed by atoms with Crippen molar-refractivity contribution in [1.82, 2.24) is 14.3 Å². The van der Waals surface area contributed by atoms with Gasteiger partial charge in [-0.05, 0) is 38.5 Å². The predicted molar refractivity (Wildman–Crippen MR) is 87.7 cm³/mol. The summed E-state index contributed by atoms with van der Waals surface area (Å²) in [6.45, 7) is 3.01. The van der Waals surface area contributed by atoms with Gasteiger partial charge >= 0.3 is 5.97 Å². The number of hydrogen-bond acceptors (Lipinski definition) is 7. The first-order chi connectivity index (χ1) is 11.0. The third-order valence-corrected chi connectivity index (χ3v) is 5.30. The van der Waals surface area contributed by atoms with Crippen LogP contribution in [0.3, 0.4) is 0 Å². The van der Waals surface area contributed by atoms with Crippen LogP contribution in [0.4, 0.5) is 5.13 Å². The summed E-state index contributed by atoms with van der Waals surface area (Å²) in [6, 6.07) is 0.726. The third-order valence-electron chi connectivity index (χ3n) is 4.64. The fourth-order valence-electron chi connectivity index (χ4n) is 2.89. The highest BCUT2D eigenvalue weighted by atomic mass is 32.1. The molecule has 0 saturated heterocycles. The molecule has 23 heavy (non-hydrogen) atoms. The molecule has 0 radical (unpaired) electrons. The van der Waals surface area contributed by atoms with Gasteiger partial charge in [-0.1, -0.05) is 0 Å². The van der Waals surface area contributed by atoms with Gasteiger partial charge in [0.05, 0.1) is 6.54 Å². The van der Waals surface area contributed by atoms with Crippen molar-refractivity contribution >= 4 is 22.6 Å². The molecule has 1 aromatic heterocycles. The Bertz CT molecular complexity index is 543. The standard InChI is InChI=1S/C15H24N4O3S/c1-9(22-2)14-17-15(23-18-14)16-11-5-12(6-11)19(8-13(20)21)7-10-3-4-10/h9-12H,3-8H2,1-2H3,(H,20,21)(H,16,17,18). The normalized spacial score (nSPS) is 25.2. The van der Waals surface area contributed by atoms with Crippen LogP contribution < -0.4 is 5.32 Å². The molecule has 2 aliphatic carbocycles. The Balaban J connectivity index is 1.47. The summed E-state index contributed by atoms with van der Waals surface area (Å²) in [5, 5.41) is 13.3. The van der Waals surface area contributed by atoms with E-state index in [1.807, 2.05) is 6.92 Å². The molecule has 8 heteroatoms. The number of ether oxygens (including phenoxy) is 1. The molecular formula is C15H24N4O3S. The average molecular weight is 340 g/mol. The number of nitrogens with zero attached hydrogens (tertiary/aromatic N) is 3. The summed E-state index contributed by atoms with van der Waals surface area (Å²) in [6.07, 6.45) is 4.33. The largest absolute Gasteiger partial charge is 0.480 e. The Morgan fingerprint density at radius 3 is 2.87 bits per heavy atom. The van der Waals surface area contributed by atoms with Crippen molar-refractivity contribution in [2.45, 2.75) is 50.8 Å². The number of rotatable bonds is 9. The summed E-state index contributed by atoms with van der Waals surface area (Å²) in [4.78, 5) is 17.6. The van der Waals surface area contributed by atoms with Crippen molar-refractivity contribution in [3.05, 3.63) is 5.82 Å². The molecule has 3 rings (SSSR count).